The second-order valence-corrected chi connectivity index (χ2v) is 69.9. The van der Waals surface area contributed by atoms with E-state index in [2.05, 4.69) is 183 Å². The first kappa shape index (κ1) is 88.8. The summed E-state index contributed by atoms with van der Waals surface area (Å²) in [5, 5.41) is 19.3. The molecule has 22 heteroatoms. The van der Waals surface area contributed by atoms with Crippen molar-refractivity contribution in [1.82, 2.24) is 39.2 Å². The second-order valence-electron chi connectivity index (χ2n) is 34.4. The van der Waals surface area contributed by atoms with E-state index in [1.54, 1.807) is 0 Å². The van der Waals surface area contributed by atoms with Crippen LogP contribution in [0.3, 0.4) is 0 Å². The Labute approximate surface area is 661 Å². The van der Waals surface area contributed by atoms with E-state index in [4.69, 9.17) is 55.7 Å². The van der Waals surface area contributed by atoms with Crippen LogP contribution in [0.4, 0.5) is 17.3 Å². The van der Waals surface area contributed by atoms with Crippen LogP contribution in [0.5, 0.6) is 0 Å². The van der Waals surface area contributed by atoms with Gasteiger partial charge in [0.15, 0.2) is 17.1 Å². The Morgan fingerprint density at radius 1 is 0.495 bits per heavy atom. The van der Waals surface area contributed by atoms with E-state index in [-0.39, 0.29) is 13.3 Å². The Balaban J connectivity index is 0.000000249. The number of ether oxygens (including phenoxy) is 4. The summed E-state index contributed by atoms with van der Waals surface area (Å²) in [4.78, 5) is 28.6. The fourth-order valence-electron chi connectivity index (χ4n) is 13.6. The number of hydrogen-bond acceptors (Lipinski definition) is 13. The molecule has 2 aliphatic carbocycles. The Hall–Kier alpha value is -5.45. The van der Waals surface area contributed by atoms with Gasteiger partial charge >= 0.3 is 100 Å². The van der Waals surface area contributed by atoms with Gasteiger partial charge < -0.3 is 28.7 Å². The van der Waals surface area contributed by atoms with Gasteiger partial charge in [0.2, 0.25) is 5.69 Å². The van der Waals surface area contributed by atoms with Crippen molar-refractivity contribution in [3.63, 3.8) is 0 Å². The molecule has 2 aromatic carbocycles. The minimum atomic E-state index is -2.31. The third-order valence-electron chi connectivity index (χ3n) is 20.4. The van der Waals surface area contributed by atoms with Crippen LogP contribution in [0, 0.1) is 15.9 Å². The van der Waals surface area contributed by atoms with Gasteiger partial charge in [-0.2, -0.15) is 14.7 Å². The molecule has 2 saturated carbocycles. The third-order valence-corrected chi connectivity index (χ3v) is 40.6. The molecule has 6 heterocycles. The normalized spacial score (nSPS) is 14.0. The molecule has 10 rings (SSSR count). The molecular weight excluding hydrogens is 1560 g/mol. The van der Waals surface area contributed by atoms with E-state index < -0.39 is 50.7 Å². The summed E-state index contributed by atoms with van der Waals surface area (Å²) in [6.07, 6.45) is 27.0. The Morgan fingerprint density at radius 3 is 1.19 bits per heavy atom. The van der Waals surface area contributed by atoms with Gasteiger partial charge in [0.05, 0.1) is 46.2 Å². The van der Waals surface area contributed by atoms with Crippen LogP contribution in [0.15, 0.2) is 114 Å². The molecule has 8 aromatic rings. The molecule has 0 radical (unpaired) electrons. The van der Waals surface area contributed by atoms with Gasteiger partial charge in [-0.1, -0.05) is 197 Å². The first-order chi connectivity index (χ1) is 50.8. The predicted molar refractivity (Wildman–Crippen MR) is 467 cm³/mol. The van der Waals surface area contributed by atoms with Gasteiger partial charge in [0.25, 0.3) is 0 Å². The SMILES string of the molecule is C.CCC[CH2][Sn]([C]#N)([CH2]CCC)[CH2]CCC.C[Si](C)(C)CCOCN(COCC[Si](C)(C)C)c1c(Br)c(C2CCCCC2)nc2c(-c3ccc(-c4ccccc4)nc3)cnn12.[C-]#[N+]c1c(C2CCCCC2)nc2c(-c3ccc(-c4ccccc4)nc3)cnn2c1N(COCC[Si](C)(C)C)COCC[Si](C)(C)C. The Bertz CT molecular complexity index is 3960. The standard InChI is InChI=1S/C36H50N6O2Si2.C35H50BrN5O2Si2.3C4H9.CN.CH4.Sn/c1-37-34-33(29-16-12-9-13-17-29)40-35-31(30-18-19-32(38-24-30)28-14-10-8-11-15-28)25-39-42(35)36(34)41(26-43-20-22-45(2,3)4)27-44-21-23-46(5,6)7;1-44(2,3)21-19-42-25-40(26-43-20-22-45(4,5)6)35-32(36)33(28-15-11-8-12-16-28)39-34-30(24-38-41(34)35)29-17-18-31(37-23-29)27-13-9-7-10-14-27;3*1-3-4-2;1-2;;/h8,10-11,14-15,18-19,24-25,29H,9,12-13,16-17,20-23,26-27H2,2-7H3;7,9-10,13-14,17-18,23-24,28H,8,11-12,15-16,19-22,25-26H2,1-6H3;3*1,3-4H2,2H3;;1H4;. The fourth-order valence-corrected chi connectivity index (χ4v) is 29.4. The van der Waals surface area contributed by atoms with E-state index in [1.807, 2.05) is 70.2 Å². The van der Waals surface area contributed by atoms with E-state index >= 15 is 0 Å². The fraction of sp³-hybridized carbons (Fsp3) is 0.576. The number of pyridine rings is 2. The third kappa shape index (κ3) is 27.5. The average molecular weight is 1700 g/mol. The van der Waals surface area contributed by atoms with Gasteiger partial charge in [-0.15, -0.1) is 0 Å². The molecule has 16 nitrogen and oxygen atoms in total. The van der Waals surface area contributed by atoms with Crippen molar-refractivity contribution in [1.29, 1.82) is 5.26 Å². The van der Waals surface area contributed by atoms with Crippen LogP contribution in [0.2, 0.25) is 116 Å². The second kappa shape index (κ2) is 43.4. The van der Waals surface area contributed by atoms with Crippen LogP contribution >= 0.6 is 15.9 Å². The molecule has 2 fully saturated rings. The van der Waals surface area contributed by atoms with E-state index in [0.29, 0.717) is 57.6 Å². The largest absolute Gasteiger partial charge is 0.361 e. The van der Waals surface area contributed by atoms with Crippen LogP contribution in [0.25, 0.3) is 60.9 Å². The first-order valence-corrected chi connectivity index (χ1v) is 63.0. The topological polar surface area (TPSA) is 158 Å². The minimum absolute atomic E-state index is 0. The van der Waals surface area contributed by atoms with Gasteiger partial charge in [-0.05, 0) is 83.8 Å². The zero-order valence-electron chi connectivity index (χ0n) is 67.3. The number of nitriles is 1. The first-order valence-electron chi connectivity index (χ1n) is 39.9. The van der Waals surface area contributed by atoms with E-state index in [9.17, 15) is 5.26 Å². The number of fused-ring (bicyclic) bond motifs is 2. The average Bonchev–Trinajstić information content (AvgIpc) is 1.63. The Morgan fingerprint density at radius 2 is 0.850 bits per heavy atom. The minimum Gasteiger partial charge on any atom is -0.361 e. The zero-order valence-corrected chi connectivity index (χ0v) is 75.8. The molecule has 2 aliphatic rings. The van der Waals surface area contributed by atoms with E-state index in [1.165, 1.54) is 77.5 Å². The summed E-state index contributed by atoms with van der Waals surface area (Å²) < 4.78 is 37.0. The maximum Gasteiger partial charge on any atom is 0.249 e. The van der Waals surface area contributed by atoms with Crippen molar-refractivity contribution in [2.75, 3.05) is 63.2 Å². The van der Waals surface area contributed by atoms with Crippen molar-refractivity contribution in [3.8, 4) is 48.9 Å². The van der Waals surface area contributed by atoms with Crippen molar-refractivity contribution in [3.05, 3.63) is 137 Å². The molecule has 0 spiro atoms. The summed E-state index contributed by atoms with van der Waals surface area (Å²) in [5.41, 5.74) is 12.0. The van der Waals surface area contributed by atoms with Gasteiger partial charge in [0.1, 0.15) is 32.7 Å². The van der Waals surface area contributed by atoms with Crippen LogP contribution in [-0.2, 0) is 18.9 Å². The number of anilines is 2. The van der Waals surface area contributed by atoms with Gasteiger partial charge in [0, 0.05) is 110 Å². The molecule has 582 valence electrons. The monoisotopic (exact) mass is 1690 g/mol. The van der Waals surface area contributed by atoms with Gasteiger partial charge in [-0.3, -0.25) is 9.97 Å². The molecule has 6 aromatic heterocycles. The number of nitrogens with zero attached hydrogens (tertiary/aromatic N) is 12. The van der Waals surface area contributed by atoms with Crippen molar-refractivity contribution >= 4 is 95.2 Å². The van der Waals surface area contributed by atoms with Gasteiger partial charge in [-0.25, -0.2) is 19.3 Å². The molecule has 0 aliphatic heterocycles. The maximum atomic E-state index is 9.50. The quantitative estimate of drug-likeness (QED) is 0.0157. The van der Waals surface area contributed by atoms with Crippen molar-refractivity contribution in [2.24, 2.45) is 0 Å². The van der Waals surface area contributed by atoms with Crippen molar-refractivity contribution in [2.45, 2.75) is 259 Å². The summed E-state index contributed by atoms with van der Waals surface area (Å²) in [6.45, 7) is 48.0. The predicted octanol–water partition coefficient (Wildman–Crippen LogP) is 24.7. The summed E-state index contributed by atoms with van der Waals surface area (Å²) in [5.74, 6) is 2.30. The maximum absolute atomic E-state index is 9.50. The molecule has 0 unspecified atom stereocenters. The van der Waals surface area contributed by atoms with Crippen LogP contribution in [0.1, 0.15) is 154 Å². The number of rotatable bonds is 37. The number of aromatic nitrogens is 8. The molecule has 107 heavy (non-hydrogen) atoms. The Kier molecular flexibility index (Phi) is 36.0. The zero-order chi connectivity index (χ0) is 76.3. The number of hydrogen-bond donors (Lipinski definition) is 0. The molecule has 0 N–H and O–H groups in total. The smallest absolute Gasteiger partial charge is 0.249 e. The van der Waals surface area contributed by atoms with E-state index in [0.717, 1.165) is 154 Å². The molecule has 0 bridgehead atoms. The number of benzene rings is 2. The molecule has 0 amide bonds. The van der Waals surface area contributed by atoms with Crippen molar-refractivity contribution < 1.29 is 18.9 Å². The van der Waals surface area contributed by atoms with Crippen LogP contribution in [-0.4, -0.2) is 143 Å². The number of halogens is 1. The molecular formula is C85H131BrN12O4Si4Sn. The summed E-state index contributed by atoms with van der Waals surface area (Å²) in [6, 6.07) is 33.2. The van der Waals surface area contributed by atoms with Crippen LogP contribution < -0.4 is 9.80 Å². The summed E-state index contributed by atoms with van der Waals surface area (Å²) in [7, 11) is -4.97. The summed E-state index contributed by atoms with van der Waals surface area (Å²) >= 11 is 1.74. The number of unbranched alkanes of at least 4 members (excludes halogenated alkanes) is 3. The molecule has 0 saturated heterocycles. The molecule has 0 atom stereocenters.